The minimum Gasteiger partial charge on any atom is -0.370 e. The Hall–Kier alpha value is -2.88. The number of hydrogen-bond donors (Lipinski definition) is 1. The quantitative estimate of drug-likeness (QED) is 0.635. The van der Waals surface area contributed by atoms with Gasteiger partial charge in [-0.15, -0.1) is 0 Å². The maximum Gasteiger partial charge on any atom is 0.228 e. The van der Waals surface area contributed by atoms with Crippen LogP contribution in [0.1, 0.15) is 30.9 Å². The second-order valence-electron chi connectivity index (χ2n) is 7.03. The third-order valence-corrected chi connectivity index (χ3v) is 5.03. The Kier molecular flexibility index (Phi) is 5.33. The fourth-order valence-corrected chi connectivity index (χ4v) is 3.48. The lowest BCUT2D eigenvalue weighted by molar-refractivity contribution is 0.708. The van der Waals surface area contributed by atoms with Gasteiger partial charge in [0.25, 0.3) is 0 Å². The molecule has 1 N–H and O–H groups in total. The molecule has 4 rings (SSSR count). The summed E-state index contributed by atoms with van der Waals surface area (Å²) in [4.78, 5) is 12.0. The standard InChI is InChI=1S/C23H26N4/c1-2-3-14-24-22-16-21(19-10-5-4-6-11-19)25-23(26-22)27-15-13-18-9-7-8-12-20(18)17-27/h4-12,16H,2-3,13-15,17H2,1H3,(H,24,25,26). The molecule has 0 aliphatic carbocycles. The van der Waals surface area contributed by atoms with E-state index in [0.29, 0.717) is 0 Å². The van der Waals surface area contributed by atoms with Crippen molar-refractivity contribution in [2.24, 2.45) is 0 Å². The summed E-state index contributed by atoms with van der Waals surface area (Å²) < 4.78 is 0. The van der Waals surface area contributed by atoms with Gasteiger partial charge in [0.1, 0.15) is 5.82 Å². The van der Waals surface area contributed by atoms with Gasteiger partial charge in [0.2, 0.25) is 5.95 Å². The number of anilines is 2. The van der Waals surface area contributed by atoms with Crippen LogP contribution >= 0.6 is 0 Å². The third kappa shape index (κ3) is 4.11. The summed E-state index contributed by atoms with van der Waals surface area (Å²) in [5.41, 5.74) is 4.91. The van der Waals surface area contributed by atoms with Gasteiger partial charge >= 0.3 is 0 Å². The van der Waals surface area contributed by atoms with Crippen molar-refractivity contribution >= 4 is 11.8 Å². The number of fused-ring (bicyclic) bond motifs is 1. The van der Waals surface area contributed by atoms with Gasteiger partial charge in [-0.05, 0) is 24.0 Å². The van der Waals surface area contributed by atoms with Gasteiger partial charge in [-0.3, -0.25) is 0 Å². The predicted molar refractivity (Wildman–Crippen MR) is 112 cm³/mol. The van der Waals surface area contributed by atoms with E-state index in [0.717, 1.165) is 55.5 Å². The van der Waals surface area contributed by atoms with Crippen molar-refractivity contribution in [3.63, 3.8) is 0 Å². The van der Waals surface area contributed by atoms with Gasteiger partial charge in [-0.25, -0.2) is 4.98 Å². The number of nitrogens with zero attached hydrogens (tertiary/aromatic N) is 3. The van der Waals surface area contributed by atoms with E-state index in [1.807, 2.05) is 6.07 Å². The van der Waals surface area contributed by atoms with Crippen molar-refractivity contribution < 1.29 is 0 Å². The average Bonchev–Trinajstić information content (AvgIpc) is 2.74. The average molecular weight is 358 g/mol. The Morgan fingerprint density at radius 1 is 0.963 bits per heavy atom. The molecule has 0 bridgehead atoms. The van der Waals surface area contributed by atoms with Crippen LogP contribution in [0, 0.1) is 0 Å². The van der Waals surface area contributed by atoms with Crippen LogP contribution in [0.15, 0.2) is 60.7 Å². The molecule has 4 nitrogen and oxygen atoms in total. The fourth-order valence-electron chi connectivity index (χ4n) is 3.48. The monoisotopic (exact) mass is 358 g/mol. The van der Waals surface area contributed by atoms with Gasteiger partial charge in [0.15, 0.2) is 0 Å². The van der Waals surface area contributed by atoms with E-state index >= 15 is 0 Å². The van der Waals surface area contributed by atoms with E-state index in [1.165, 1.54) is 17.5 Å². The lowest BCUT2D eigenvalue weighted by atomic mass is 10.0. The van der Waals surface area contributed by atoms with Gasteiger partial charge < -0.3 is 10.2 Å². The summed E-state index contributed by atoms with van der Waals surface area (Å²) >= 11 is 0. The zero-order chi connectivity index (χ0) is 18.5. The molecule has 0 spiro atoms. The highest BCUT2D eigenvalue weighted by atomic mass is 15.3. The molecule has 0 fully saturated rings. The van der Waals surface area contributed by atoms with Gasteiger partial charge in [-0.1, -0.05) is 67.9 Å². The molecule has 0 radical (unpaired) electrons. The molecular weight excluding hydrogens is 332 g/mol. The summed E-state index contributed by atoms with van der Waals surface area (Å²) in [5, 5.41) is 3.48. The van der Waals surface area contributed by atoms with Gasteiger partial charge in [0.05, 0.1) is 5.69 Å². The van der Waals surface area contributed by atoms with Crippen LogP contribution in [0.3, 0.4) is 0 Å². The van der Waals surface area contributed by atoms with Crippen LogP contribution in [0.5, 0.6) is 0 Å². The predicted octanol–water partition coefficient (Wildman–Crippen LogP) is 4.92. The highest BCUT2D eigenvalue weighted by Crippen LogP contribution is 2.26. The number of benzene rings is 2. The number of hydrogen-bond acceptors (Lipinski definition) is 4. The minimum atomic E-state index is 0.810. The van der Waals surface area contributed by atoms with Crippen molar-refractivity contribution in [1.29, 1.82) is 0 Å². The summed E-state index contributed by atoms with van der Waals surface area (Å²) in [6, 6.07) is 21.1. The van der Waals surface area contributed by atoms with Crippen molar-refractivity contribution in [2.45, 2.75) is 32.7 Å². The topological polar surface area (TPSA) is 41.1 Å². The highest BCUT2D eigenvalue weighted by molar-refractivity contribution is 5.64. The first-order valence-electron chi connectivity index (χ1n) is 9.83. The van der Waals surface area contributed by atoms with E-state index in [1.54, 1.807) is 0 Å². The first-order valence-corrected chi connectivity index (χ1v) is 9.83. The molecule has 2 aromatic carbocycles. The molecule has 4 heteroatoms. The zero-order valence-electron chi connectivity index (χ0n) is 15.9. The van der Waals surface area contributed by atoms with Gasteiger partial charge in [-0.2, -0.15) is 4.98 Å². The molecule has 138 valence electrons. The third-order valence-electron chi connectivity index (χ3n) is 5.03. The van der Waals surface area contributed by atoms with Crippen LogP contribution in [-0.2, 0) is 13.0 Å². The Morgan fingerprint density at radius 2 is 1.74 bits per heavy atom. The smallest absolute Gasteiger partial charge is 0.228 e. The lowest BCUT2D eigenvalue weighted by Gasteiger charge is -2.29. The molecule has 2 heterocycles. The van der Waals surface area contributed by atoms with Crippen molar-refractivity contribution in [2.75, 3.05) is 23.3 Å². The molecule has 1 aliphatic rings. The first-order chi connectivity index (χ1) is 13.3. The van der Waals surface area contributed by atoms with Crippen LogP contribution in [0.2, 0.25) is 0 Å². The normalized spacial score (nSPS) is 13.3. The Balaban J connectivity index is 1.66. The van der Waals surface area contributed by atoms with Crippen LogP contribution in [0.4, 0.5) is 11.8 Å². The maximum absolute atomic E-state index is 4.90. The molecule has 0 atom stereocenters. The van der Waals surface area contributed by atoms with Crippen molar-refractivity contribution in [3.8, 4) is 11.3 Å². The molecule has 0 saturated heterocycles. The second kappa shape index (κ2) is 8.21. The summed E-state index contributed by atoms with van der Waals surface area (Å²) in [5.74, 6) is 1.72. The second-order valence-corrected chi connectivity index (χ2v) is 7.03. The molecule has 27 heavy (non-hydrogen) atoms. The highest BCUT2D eigenvalue weighted by Gasteiger charge is 2.19. The Morgan fingerprint density at radius 3 is 2.56 bits per heavy atom. The number of unbranched alkanes of at least 4 members (excludes halogenated alkanes) is 1. The summed E-state index contributed by atoms with van der Waals surface area (Å²) in [6.45, 7) is 4.95. The van der Waals surface area contributed by atoms with E-state index in [9.17, 15) is 0 Å². The summed E-state index contributed by atoms with van der Waals surface area (Å²) in [7, 11) is 0. The number of nitrogens with one attached hydrogen (secondary N) is 1. The molecule has 0 unspecified atom stereocenters. The van der Waals surface area contributed by atoms with Crippen LogP contribution in [-0.4, -0.2) is 23.1 Å². The molecular formula is C23H26N4. The largest absolute Gasteiger partial charge is 0.370 e. The fraction of sp³-hybridized carbons (Fsp3) is 0.304. The molecule has 3 aromatic rings. The Labute approximate surface area is 161 Å². The molecule has 0 amide bonds. The first kappa shape index (κ1) is 17.5. The Bertz CT molecular complexity index is 892. The number of rotatable bonds is 6. The SMILES string of the molecule is CCCCNc1cc(-c2ccccc2)nc(N2CCc3ccccc3C2)n1. The van der Waals surface area contributed by atoms with E-state index in [-0.39, 0.29) is 0 Å². The minimum absolute atomic E-state index is 0.810. The van der Waals surface area contributed by atoms with E-state index in [4.69, 9.17) is 9.97 Å². The van der Waals surface area contributed by atoms with Crippen LogP contribution < -0.4 is 10.2 Å². The maximum atomic E-state index is 4.90. The van der Waals surface area contributed by atoms with E-state index in [2.05, 4.69) is 71.7 Å². The molecule has 0 saturated carbocycles. The van der Waals surface area contributed by atoms with Crippen molar-refractivity contribution in [1.82, 2.24) is 9.97 Å². The lowest BCUT2D eigenvalue weighted by Crippen LogP contribution is -2.32. The van der Waals surface area contributed by atoms with E-state index < -0.39 is 0 Å². The molecule has 1 aliphatic heterocycles. The molecule has 1 aromatic heterocycles. The summed E-state index contributed by atoms with van der Waals surface area (Å²) in [6.07, 6.45) is 3.34. The number of aromatic nitrogens is 2. The van der Waals surface area contributed by atoms with Crippen molar-refractivity contribution in [3.05, 3.63) is 71.8 Å². The van der Waals surface area contributed by atoms with Crippen LogP contribution in [0.25, 0.3) is 11.3 Å². The van der Waals surface area contributed by atoms with Gasteiger partial charge in [0, 0.05) is 31.3 Å². The zero-order valence-corrected chi connectivity index (χ0v) is 15.9.